The number of carbonyl (C=O) groups excluding carboxylic acids is 3. The van der Waals surface area contributed by atoms with Crippen LogP contribution < -0.4 is 5.32 Å². The van der Waals surface area contributed by atoms with Gasteiger partial charge in [0.05, 0.1) is 11.1 Å². The van der Waals surface area contributed by atoms with E-state index in [0.717, 1.165) is 16.2 Å². The highest BCUT2D eigenvalue weighted by Crippen LogP contribution is 2.26. The number of anilines is 1. The minimum atomic E-state index is -0.993. The Bertz CT molecular complexity index is 1060. The first-order valence-electron chi connectivity index (χ1n) is 9.30. The third-order valence-corrected chi connectivity index (χ3v) is 4.85. The van der Waals surface area contributed by atoms with Crippen molar-refractivity contribution in [1.82, 2.24) is 9.88 Å². The van der Waals surface area contributed by atoms with E-state index >= 15 is 0 Å². The van der Waals surface area contributed by atoms with Gasteiger partial charge >= 0.3 is 0 Å². The molecule has 6 nitrogen and oxygen atoms in total. The van der Waals surface area contributed by atoms with Crippen molar-refractivity contribution in [2.75, 3.05) is 5.32 Å². The van der Waals surface area contributed by atoms with Crippen molar-refractivity contribution in [3.8, 4) is 0 Å². The number of aryl methyl sites for hydroxylation is 1. The van der Waals surface area contributed by atoms with E-state index in [-0.39, 0.29) is 6.42 Å². The molecule has 3 aromatic rings. The summed E-state index contributed by atoms with van der Waals surface area (Å²) in [6.45, 7) is 1.82. The van der Waals surface area contributed by atoms with Gasteiger partial charge in [-0.05, 0) is 36.8 Å². The van der Waals surface area contributed by atoms with E-state index in [0.29, 0.717) is 16.9 Å². The van der Waals surface area contributed by atoms with Crippen molar-refractivity contribution in [2.45, 2.75) is 19.4 Å². The van der Waals surface area contributed by atoms with Crippen LogP contribution in [0.5, 0.6) is 0 Å². The van der Waals surface area contributed by atoms with E-state index < -0.39 is 23.8 Å². The van der Waals surface area contributed by atoms with E-state index in [1.165, 1.54) is 0 Å². The quantitative estimate of drug-likeness (QED) is 0.684. The Kier molecular flexibility index (Phi) is 4.91. The largest absolute Gasteiger partial charge is 0.309 e. The summed E-state index contributed by atoms with van der Waals surface area (Å²) in [5.74, 6) is -0.996. The molecule has 0 saturated carbocycles. The van der Waals surface area contributed by atoms with Gasteiger partial charge in [0, 0.05) is 12.1 Å². The third kappa shape index (κ3) is 3.65. The average Bonchev–Trinajstić information content (AvgIpc) is 2.98. The summed E-state index contributed by atoms with van der Waals surface area (Å²) < 4.78 is 0. The van der Waals surface area contributed by atoms with Crippen LogP contribution in [-0.2, 0) is 11.2 Å². The highest BCUT2D eigenvalue weighted by atomic mass is 16.2. The molecule has 144 valence electrons. The molecule has 3 amide bonds. The SMILES string of the molecule is Cc1cccc(NC(=O)[C@@H](Cc2ccccc2)N2C(=O)c3ccccc3C2=O)n1. The molecule has 29 heavy (non-hydrogen) atoms. The normalized spacial score (nSPS) is 13.9. The molecule has 1 aromatic heterocycles. The predicted molar refractivity (Wildman–Crippen MR) is 108 cm³/mol. The van der Waals surface area contributed by atoms with Crippen LogP contribution in [0, 0.1) is 6.92 Å². The summed E-state index contributed by atoms with van der Waals surface area (Å²) in [6, 6.07) is 20.2. The van der Waals surface area contributed by atoms with E-state index in [9.17, 15) is 14.4 Å². The van der Waals surface area contributed by atoms with Gasteiger partial charge in [-0.2, -0.15) is 0 Å². The maximum Gasteiger partial charge on any atom is 0.262 e. The first kappa shape index (κ1) is 18.6. The number of nitrogens with one attached hydrogen (secondary N) is 1. The van der Waals surface area contributed by atoms with Crippen LogP contribution in [-0.4, -0.2) is 33.6 Å². The third-order valence-electron chi connectivity index (χ3n) is 4.85. The minimum Gasteiger partial charge on any atom is -0.309 e. The molecule has 0 fully saturated rings. The molecule has 0 radical (unpaired) electrons. The number of imide groups is 1. The second-order valence-corrected chi connectivity index (χ2v) is 6.88. The van der Waals surface area contributed by atoms with Crippen molar-refractivity contribution in [1.29, 1.82) is 0 Å². The first-order valence-corrected chi connectivity index (χ1v) is 9.30. The standard InChI is InChI=1S/C23H19N3O3/c1-15-8-7-13-20(24-15)25-21(27)19(14-16-9-3-2-4-10-16)26-22(28)17-11-5-6-12-18(17)23(26)29/h2-13,19H,14H2,1H3,(H,24,25,27)/t19-/m1/s1. The number of pyridine rings is 1. The smallest absolute Gasteiger partial charge is 0.262 e. The van der Waals surface area contributed by atoms with Crippen LogP contribution in [0.2, 0.25) is 0 Å². The highest BCUT2D eigenvalue weighted by molar-refractivity contribution is 6.23. The van der Waals surface area contributed by atoms with Gasteiger partial charge in [0.1, 0.15) is 11.9 Å². The van der Waals surface area contributed by atoms with Gasteiger partial charge in [-0.3, -0.25) is 19.3 Å². The summed E-state index contributed by atoms with van der Waals surface area (Å²) in [5.41, 5.74) is 2.23. The molecule has 0 saturated heterocycles. The lowest BCUT2D eigenvalue weighted by molar-refractivity contribution is -0.120. The number of rotatable bonds is 5. The fourth-order valence-corrected chi connectivity index (χ4v) is 3.45. The van der Waals surface area contributed by atoms with Crippen LogP contribution in [0.25, 0.3) is 0 Å². The van der Waals surface area contributed by atoms with Gasteiger partial charge in [-0.25, -0.2) is 4.98 Å². The van der Waals surface area contributed by atoms with E-state index in [1.54, 1.807) is 36.4 Å². The number of amides is 3. The van der Waals surface area contributed by atoms with E-state index in [1.807, 2.05) is 43.3 Å². The Morgan fingerprint density at radius 2 is 1.52 bits per heavy atom. The maximum absolute atomic E-state index is 13.2. The molecule has 1 aliphatic heterocycles. The summed E-state index contributed by atoms with van der Waals surface area (Å²) in [5, 5.41) is 2.75. The number of aromatic nitrogens is 1. The molecular formula is C23H19N3O3. The zero-order valence-corrected chi connectivity index (χ0v) is 15.8. The first-order chi connectivity index (χ1) is 14.0. The summed E-state index contributed by atoms with van der Waals surface area (Å²) in [7, 11) is 0. The monoisotopic (exact) mass is 385 g/mol. The Hall–Kier alpha value is -3.80. The lowest BCUT2D eigenvalue weighted by Gasteiger charge is -2.25. The van der Waals surface area contributed by atoms with Crippen LogP contribution in [0.1, 0.15) is 32.0 Å². The van der Waals surface area contributed by atoms with Crippen LogP contribution in [0.15, 0.2) is 72.8 Å². The molecule has 0 unspecified atom stereocenters. The molecule has 0 bridgehead atoms. The zero-order chi connectivity index (χ0) is 20.4. The number of benzene rings is 2. The summed E-state index contributed by atoms with van der Waals surface area (Å²) >= 11 is 0. The molecule has 1 aliphatic rings. The van der Waals surface area contributed by atoms with Gasteiger partial charge in [-0.15, -0.1) is 0 Å². The number of hydrogen-bond acceptors (Lipinski definition) is 4. The zero-order valence-electron chi connectivity index (χ0n) is 15.8. The van der Waals surface area contributed by atoms with Gasteiger partial charge in [0.15, 0.2) is 0 Å². The minimum absolute atomic E-state index is 0.212. The second-order valence-electron chi connectivity index (χ2n) is 6.88. The van der Waals surface area contributed by atoms with Crippen molar-refractivity contribution in [3.05, 3.63) is 95.2 Å². The van der Waals surface area contributed by atoms with Crippen molar-refractivity contribution in [2.24, 2.45) is 0 Å². The highest BCUT2D eigenvalue weighted by Gasteiger charge is 2.42. The molecule has 0 aliphatic carbocycles. The average molecular weight is 385 g/mol. The van der Waals surface area contributed by atoms with Crippen molar-refractivity contribution >= 4 is 23.5 Å². The number of hydrogen-bond donors (Lipinski definition) is 1. The van der Waals surface area contributed by atoms with Crippen molar-refractivity contribution < 1.29 is 14.4 Å². The topological polar surface area (TPSA) is 79.4 Å². The van der Waals surface area contributed by atoms with Gasteiger partial charge < -0.3 is 5.32 Å². The molecule has 0 spiro atoms. The number of carbonyl (C=O) groups is 3. The Balaban J connectivity index is 1.68. The molecule has 1 N–H and O–H groups in total. The van der Waals surface area contributed by atoms with Gasteiger partial charge in [0.2, 0.25) is 5.91 Å². The summed E-state index contributed by atoms with van der Waals surface area (Å²) in [4.78, 5) is 44.4. The number of fused-ring (bicyclic) bond motifs is 1. The molecule has 4 rings (SSSR count). The van der Waals surface area contributed by atoms with E-state index in [4.69, 9.17) is 0 Å². The Morgan fingerprint density at radius 1 is 0.897 bits per heavy atom. The predicted octanol–water partition coefficient (Wildman–Crippen LogP) is 3.24. The Morgan fingerprint density at radius 3 is 2.14 bits per heavy atom. The number of nitrogens with zero attached hydrogens (tertiary/aromatic N) is 2. The fourth-order valence-electron chi connectivity index (χ4n) is 3.45. The van der Waals surface area contributed by atoms with E-state index in [2.05, 4.69) is 10.3 Å². The second kappa shape index (κ2) is 7.67. The van der Waals surface area contributed by atoms with Gasteiger partial charge in [0.25, 0.3) is 11.8 Å². The Labute approximate surface area is 168 Å². The fraction of sp³-hybridized carbons (Fsp3) is 0.130. The summed E-state index contributed by atoms with van der Waals surface area (Å²) in [6.07, 6.45) is 0.212. The molecule has 1 atom stereocenters. The molecule has 2 aromatic carbocycles. The van der Waals surface area contributed by atoms with Crippen LogP contribution in [0.4, 0.5) is 5.82 Å². The molecule has 6 heteroatoms. The molecule has 2 heterocycles. The van der Waals surface area contributed by atoms with Crippen molar-refractivity contribution in [3.63, 3.8) is 0 Å². The maximum atomic E-state index is 13.2. The lowest BCUT2D eigenvalue weighted by Crippen LogP contribution is -2.48. The lowest BCUT2D eigenvalue weighted by atomic mass is 10.0. The molecular weight excluding hydrogens is 366 g/mol. The van der Waals surface area contributed by atoms with Crippen LogP contribution in [0.3, 0.4) is 0 Å². The van der Waals surface area contributed by atoms with Gasteiger partial charge in [-0.1, -0.05) is 48.5 Å². The van der Waals surface area contributed by atoms with Crippen LogP contribution >= 0.6 is 0 Å².